The van der Waals surface area contributed by atoms with Crippen molar-refractivity contribution < 1.29 is 19.7 Å². The molecule has 0 aliphatic heterocycles. The molecule has 3 aromatic rings. The van der Waals surface area contributed by atoms with Crippen LogP contribution in [-0.4, -0.2) is 49.0 Å². The zero-order valence-corrected chi connectivity index (χ0v) is 30.4. The second-order valence-corrected chi connectivity index (χ2v) is 13.7. The molecule has 2 heterocycles. The van der Waals surface area contributed by atoms with Gasteiger partial charge >= 0.3 is 0 Å². The third-order valence-electron chi connectivity index (χ3n) is 9.95. The van der Waals surface area contributed by atoms with E-state index in [9.17, 15) is 10.2 Å². The smallest absolute Gasteiger partial charge is 0.180 e. The van der Waals surface area contributed by atoms with Crippen molar-refractivity contribution in [1.29, 1.82) is 0 Å². The van der Waals surface area contributed by atoms with Crippen LogP contribution in [0.15, 0.2) is 90.2 Å². The molecule has 0 amide bonds. The maximum Gasteiger partial charge on any atom is 0.180 e. The van der Waals surface area contributed by atoms with Crippen LogP contribution in [0.3, 0.4) is 0 Å². The van der Waals surface area contributed by atoms with Crippen molar-refractivity contribution in [2.24, 2.45) is 11.8 Å². The number of nitrogens with zero attached hydrogens (tertiary/aromatic N) is 4. The Balaban J connectivity index is 1.40. The molecule has 0 bridgehead atoms. The average molecular weight is 681 g/mol. The molecule has 5 rings (SSSR count). The van der Waals surface area contributed by atoms with E-state index in [2.05, 4.69) is 44.4 Å². The first kappa shape index (κ1) is 37.1. The molecule has 8 nitrogen and oxygen atoms in total. The molecule has 0 radical (unpaired) electrons. The summed E-state index contributed by atoms with van der Waals surface area (Å²) < 4.78 is 14.5. The molecular weight excluding hydrogens is 624 g/mol. The third kappa shape index (κ3) is 9.96. The van der Waals surface area contributed by atoms with Gasteiger partial charge < -0.3 is 24.3 Å². The fourth-order valence-electron chi connectivity index (χ4n) is 6.58. The first-order chi connectivity index (χ1) is 24.4. The maximum absolute atomic E-state index is 11.3. The standard InChI is InChI=1S/C42H56N4O4/c1-5-9-15-30(7-3)28-49-33-20-22-35(38(47)25-33)40-43-41(36-23-21-34(26-39(36)48)50-29-31(8-4)16-10-6-2)45-42(44-40)37-19-14-24-46(37)27-32-17-12-11-13-18-32/h11-14,17-20,23-26,30-31,34-35,47-48H,5-10,15-16,21-22,27-29H2,1-4H3. The van der Waals surface area contributed by atoms with Gasteiger partial charge in [-0.1, -0.05) is 103 Å². The van der Waals surface area contributed by atoms with E-state index in [1.165, 1.54) is 25.7 Å². The monoisotopic (exact) mass is 680 g/mol. The highest BCUT2D eigenvalue weighted by molar-refractivity contribution is 5.74. The van der Waals surface area contributed by atoms with Crippen LogP contribution in [0, 0.1) is 11.8 Å². The number of ether oxygens (including phenoxy) is 2. The molecule has 2 aliphatic carbocycles. The zero-order chi connectivity index (χ0) is 35.3. The predicted molar refractivity (Wildman–Crippen MR) is 201 cm³/mol. The largest absolute Gasteiger partial charge is 0.511 e. The summed E-state index contributed by atoms with van der Waals surface area (Å²) in [7, 11) is 0. The minimum atomic E-state index is -0.469. The summed E-state index contributed by atoms with van der Waals surface area (Å²) in [5.41, 5.74) is 2.53. The van der Waals surface area contributed by atoms with Crippen LogP contribution < -0.4 is 0 Å². The van der Waals surface area contributed by atoms with Crippen LogP contribution in [0.4, 0.5) is 0 Å². The first-order valence-electron chi connectivity index (χ1n) is 18.8. The van der Waals surface area contributed by atoms with E-state index in [4.69, 9.17) is 24.4 Å². The number of aliphatic hydroxyl groups is 2. The van der Waals surface area contributed by atoms with Gasteiger partial charge in [0.1, 0.15) is 23.1 Å². The molecule has 0 spiro atoms. The highest BCUT2D eigenvalue weighted by Crippen LogP contribution is 2.34. The summed E-state index contributed by atoms with van der Waals surface area (Å²) in [6.45, 7) is 10.8. The molecule has 2 N–H and O–H groups in total. The molecule has 2 aromatic heterocycles. The maximum atomic E-state index is 11.3. The summed E-state index contributed by atoms with van der Waals surface area (Å²) >= 11 is 0. The first-order valence-corrected chi connectivity index (χ1v) is 18.8. The summed E-state index contributed by atoms with van der Waals surface area (Å²) in [6.07, 6.45) is 19.5. The number of aromatic nitrogens is 4. The summed E-state index contributed by atoms with van der Waals surface area (Å²) in [5, 5.41) is 22.7. The lowest BCUT2D eigenvalue weighted by atomic mass is 9.96. The number of benzene rings is 1. The van der Waals surface area contributed by atoms with Crippen LogP contribution in [0.2, 0.25) is 0 Å². The quantitative estimate of drug-likeness (QED) is 0.130. The van der Waals surface area contributed by atoms with Crippen molar-refractivity contribution in [3.8, 4) is 11.5 Å². The average Bonchev–Trinajstić information content (AvgIpc) is 3.60. The van der Waals surface area contributed by atoms with E-state index >= 15 is 0 Å². The Labute approximate surface area is 298 Å². The lowest BCUT2D eigenvalue weighted by Crippen LogP contribution is -2.20. The van der Waals surface area contributed by atoms with Gasteiger partial charge in [0.05, 0.1) is 36.5 Å². The van der Waals surface area contributed by atoms with Gasteiger partial charge in [-0.15, -0.1) is 0 Å². The molecule has 268 valence electrons. The molecule has 0 fully saturated rings. The van der Waals surface area contributed by atoms with Gasteiger partial charge in [0.25, 0.3) is 0 Å². The Morgan fingerprint density at radius 1 is 0.820 bits per heavy atom. The van der Waals surface area contributed by atoms with E-state index in [-0.39, 0.29) is 17.6 Å². The van der Waals surface area contributed by atoms with Crippen LogP contribution in [0.1, 0.15) is 115 Å². The molecule has 0 saturated heterocycles. The minimum absolute atomic E-state index is 0.0955. The molecular formula is C42H56N4O4. The minimum Gasteiger partial charge on any atom is -0.511 e. The summed E-state index contributed by atoms with van der Waals surface area (Å²) in [5.74, 6) is 2.79. The number of rotatable bonds is 19. The lowest BCUT2D eigenvalue weighted by Gasteiger charge is -2.23. The fraction of sp³-hybridized carbons (Fsp3) is 0.500. The Morgan fingerprint density at radius 3 is 2.22 bits per heavy atom. The van der Waals surface area contributed by atoms with E-state index < -0.39 is 5.92 Å². The van der Waals surface area contributed by atoms with Gasteiger partial charge in [-0.3, -0.25) is 0 Å². The van der Waals surface area contributed by atoms with E-state index in [0.29, 0.717) is 73.2 Å². The van der Waals surface area contributed by atoms with Gasteiger partial charge in [-0.25, -0.2) is 15.0 Å². The van der Waals surface area contributed by atoms with Gasteiger partial charge in [-0.05, 0) is 67.4 Å². The van der Waals surface area contributed by atoms with Gasteiger partial charge in [-0.2, -0.15) is 0 Å². The molecule has 2 aliphatic rings. The predicted octanol–water partition coefficient (Wildman–Crippen LogP) is 10.3. The number of unbranched alkanes of at least 4 members (excludes halogenated alkanes) is 2. The van der Waals surface area contributed by atoms with Crippen molar-refractivity contribution in [2.45, 2.75) is 110 Å². The van der Waals surface area contributed by atoms with E-state index in [0.717, 1.165) is 36.9 Å². The number of allylic oxidation sites excluding steroid dienone is 4. The molecule has 4 atom stereocenters. The molecule has 0 saturated carbocycles. The van der Waals surface area contributed by atoms with Gasteiger partial charge in [0, 0.05) is 18.8 Å². The molecule has 8 heteroatoms. The molecule has 50 heavy (non-hydrogen) atoms. The Hall–Kier alpha value is -4.17. The van der Waals surface area contributed by atoms with Gasteiger partial charge in [0.2, 0.25) is 0 Å². The number of hydrogen-bond donors (Lipinski definition) is 2. The molecule has 1 aromatic carbocycles. The van der Waals surface area contributed by atoms with Crippen LogP contribution in [0.25, 0.3) is 17.1 Å². The van der Waals surface area contributed by atoms with Crippen molar-refractivity contribution in [3.63, 3.8) is 0 Å². The topological polar surface area (TPSA) is 103 Å². The zero-order valence-electron chi connectivity index (χ0n) is 30.4. The van der Waals surface area contributed by atoms with Crippen molar-refractivity contribution in [3.05, 3.63) is 107 Å². The fourth-order valence-corrected chi connectivity index (χ4v) is 6.58. The SMILES string of the molecule is CCCCC(CC)COC1=CCC(c2nc(C3=CCC(OCC(CC)CCCC)C=C3O)nc(-c3cccn3Cc3ccccc3)n2)C(O)=C1. The third-order valence-corrected chi connectivity index (χ3v) is 9.95. The van der Waals surface area contributed by atoms with Crippen molar-refractivity contribution in [1.82, 2.24) is 19.5 Å². The second-order valence-electron chi connectivity index (χ2n) is 13.7. The summed E-state index contributed by atoms with van der Waals surface area (Å²) in [4.78, 5) is 14.8. The van der Waals surface area contributed by atoms with Crippen LogP contribution in [0.5, 0.6) is 0 Å². The van der Waals surface area contributed by atoms with E-state index in [1.54, 1.807) is 12.2 Å². The highest BCUT2D eigenvalue weighted by atomic mass is 16.5. The van der Waals surface area contributed by atoms with Crippen LogP contribution in [-0.2, 0) is 16.0 Å². The molecule has 4 unspecified atom stereocenters. The Bertz CT molecular complexity index is 1640. The van der Waals surface area contributed by atoms with Crippen LogP contribution >= 0.6 is 0 Å². The lowest BCUT2D eigenvalue weighted by molar-refractivity contribution is 0.0523. The normalized spacial score (nSPS) is 18.9. The van der Waals surface area contributed by atoms with Crippen molar-refractivity contribution in [2.75, 3.05) is 13.2 Å². The highest BCUT2D eigenvalue weighted by Gasteiger charge is 2.28. The van der Waals surface area contributed by atoms with Gasteiger partial charge in [0.15, 0.2) is 11.6 Å². The Kier molecular flexibility index (Phi) is 13.9. The Morgan fingerprint density at radius 2 is 1.54 bits per heavy atom. The van der Waals surface area contributed by atoms with E-state index in [1.807, 2.05) is 48.7 Å². The number of hydrogen-bond acceptors (Lipinski definition) is 7. The summed E-state index contributed by atoms with van der Waals surface area (Å²) in [6, 6.07) is 14.2. The second kappa shape index (κ2) is 18.7. The number of aliphatic hydroxyl groups excluding tert-OH is 2. The van der Waals surface area contributed by atoms with Crippen molar-refractivity contribution >= 4 is 5.57 Å².